The molecule has 1 saturated heterocycles. The van der Waals surface area contributed by atoms with E-state index in [2.05, 4.69) is 15.5 Å². The molecule has 0 saturated carbocycles. The molecule has 3 rings (SSSR count). The van der Waals surface area contributed by atoms with Gasteiger partial charge < -0.3 is 15.0 Å². The van der Waals surface area contributed by atoms with Gasteiger partial charge in [0.1, 0.15) is 5.75 Å². The van der Waals surface area contributed by atoms with E-state index in [1.807, 2.05) is 60.7 Å². The third kappa shape index (κ3) is 7.58. The molecule has 1 aliphatic rings. The summed E-state index contributed by atoms with van der Waals surface area (Å²) in [7, 11) is 0. The lowest BCUT2D eigenvalue weighted by atomic mass is 9.99. The first kappa shape index (κ1) is 20.9. The minimum Gasteiger partial charge on any atom is -0.493 e. The number of benzene rings is 2. The zero-order chi connectivity index (χ0) is 20.3. The molecule has 0 bridgehead atoms. The molecule has 6 nitrogen and oxygen atoms in total. The van der Waals surface area contributed by atoms with Gasteiger partial charge in [0.2, 0.25) is 5.91 Å². The number of carbonyl (C=O) groups excluding carboxylic acids is 2. The molecule has 3 amide bonds. The molecule has 2 aromatic carbocycles. The van der Waals surface area contributed by atoms with E-state index in [-0.39, 0.29) is 5.91 Å². The first-order valence-corrected chi connectivity index (χ1v) is 10.2. The smallest absolute Gasteiger partial charge is 0.321 e. The molecule has 0 radical (unpaired) electrons. The minimum absolute atomic E-state index is 0.252. The van der Waals surface area contributed by atoms with E-state index in [1.54, 1.807) is 0 Å². The van der Waals surface area contributed by atoms with Gasteiger partial charge in [-0.25, -0.2) is 4.79 Å². The maximum atomic E-state index is 12.1. The Morgan fingerprint density at radius 3 is 2.52 bits per heavy atom. The van der Waals surface area contributed by atoms with Crippen molar-refractivity contribution < 1.29 is 14.3 Å². The van der Waals surface area contributed by atoms with E-state index in [0.717, 1.165) is 37.2 Å². The van der Waals surface area contributed by atoms with Crippen molar-refractivity contribution >= 4 is 11.9 Å². The van der Waals surface area contributed by atoms with Gasteiger partial charge in [-0.15, -0.1) is 0 Å². The molecule has 0 aromatic heterocycles. The number of likely N-dealkylation sites (tertiary alicyclic amines) is 1. The molecular formula is C23H29N3O3. The van der Waals surface area contributed by atoms with Crippen molar-refractivity contribution in [2.24, 2.45) is 5.92 Å². The fourth-order valence-corrected chi connectivity index (χ4v) is 3.49. The highest BCUT2D eigenvalue weighted by molar-refractivity contribution is 5.94. The lowest BCUT2D eigenvalue weighted by molar-refractivity contribution is -0.120. The van der Waals surface area contributed by atoms with E-state index in [4.69, 9.17) is 4.74 Å². The van der Waals surface area contributed by atoms with Gasteiger partial charge >= 0.3 is 6.03 Å². The van der Waals surface area contributed by atoms with Gasteiger partial charge in [0.05, 0.1) is 6.61 Å². The number of nitrogens with one attached hydrogen (secondary N) is 2. The third-order valence-electron chi connectivity index (χ3n) is 5.04. The molecule has 1 unspecified atom stereocenters. The largest absolute Gasteiger partial charge is 0.493 e. The van der Waals surface area contributed by atoms with Crippen LogP contribution >= 0.6 is 0 Å². The van der Waals surface area contributed by atoms with Crippen LogP contribution in [0.2, 0.25) is 0 Å². The second kappa shape index (κ2) is 11.2. The molecule has 2 N–H and O–H groups in total. The number of ether oxygens (including phenoxy) is 1. The van der Waals surface area contributed by atoms with Gasteiger partial charge in [0, 0.05) is 32.0 Å². The Morgan fingerprint density at radius 2 is 1.76 bits per heavy atom. The van der Waals surface area contributed by atoms with Crippen molar-refractivity contribution in [1.82, 2.24) is 15.5 Å². The molecule has 0 spiro atoms. The van der Waals surface area contributed by atoms with Crippen LogP contribution in [0.3, 0.4) is 0 Å². The summed E-state index contributed by atoms with van der Waals surface area (Å²) in [5, 5.41) is 5.11. The fraction of sp³-hybridized carbons (Fsp3) is 0.391. The SMILES string of the molecule is O=C(CCN1CCCC(COc2ccccc2)C1)NC(=O)NCc1ccccc1. The Labute approximate surface area is 172 Å². The number of rotatable bonds is 8. The zero-order valence-corrected chi connectivity index (χ0v) is 16.7. The van der Waals surface area contributed by atoms with Crippen molar-refractivity contribution in [2.45, 2.75) is 25.8 Å². The first-order valence-electron chi connectivity index (χ1n) is 10.2. The number of hydrogen-bond donors (Lipinski definition) is 2. The lowest BCUT2D eigenvalue weighted by Crippen LogP contribution is -2.42. The van der Waals surface area contributed by atoms with Crippen LogP contribution in [0.25, 0.3) is 0 Å². The Morgan fingerprint density at radius 1 is 1.03 bits per heavy atom. The number of amides is 3. The summed E-state index contributed by atoms with van der Waals surface area (Å²) >= 11 is 0. The van der Waals surface area contributed by atoms with Gasteiger partial charge in [-0.05, 0) is 37.1 Å². The lowest BCUT2D eigenvalue weighted by Gasteiger charge is -2.32. The summed E-state index contributed by atoms with van der Waals surface area (Å²) in [6.07, 6.45) is 2.55. The molecular weight excluding hydrogens is 366 g/mol. The van der Waals surface area contributed by atoms with Crippen molar-refractivity contribution in [3.05, 3.63) is 66.2 Å². The van der Waals surface area contributed by atoms with Crippen molar-refractivity contribution in [3.63, 3.8) is 0 Å². The van der Waals surface area contributed by atoms with Gasteiger partial charge in [-0.1, -0.05) is 48.5 Å². The quantitative estimate of drug-likeness (QED) is 0.720. The summed E-state index contributed by atoms with van der Waals surface area (Å²) in [5.41, 5.74) is 0.993. The van der Waals surface area contributed by atoms with E-state index in [1.165, 1.54) is 0 Å². The monoisotopic (exact) mass is 395 g/mol. The van der Waals surface area contributed by atoms with Gasteiger partial charge in [-0.3, -0.25) is 10.1 Å². The molecule has 1 heterocycles. The number of imide groups is 1. The Kier molecular flexibility index (Phi) is 8.07. The molecule has 1 atom stereocenters. The van der Waals surface area contributed by atoms with Gasteiger partial charge in [-0.2, -0.15) is 0 Å². The molecule has 29 heavy (non-hydrogen) atoms. The second-order valence-corrected chi connectivity index (χ2v) is 7.40. The topological polar surface area (TPSA) is 70.7 Å². The molecule has 1 aliphatic heterocycles. The van der Waals surface area contributed by atoms with Crippen LogP contribution in [0, 0.1) is 5.92 Å². The summed E-state index contributed by atoms with van der Waals surface area (Å²) in [4.78, 5) is 26.2. The van der Waals surface area contributed by atoms with Gasteiger partial charge in [0.25, 0.3) is 0 Å². The number of piperidine rings is 1. The fourth-order valence-electron chi connectivity index (χ4n) is 3.49. The summed E-state index contributed by atoms with van der Waals surface area (Å²) in [6.45, 7) is 3.64. The van der Waals surface area contributed by atoms with Crippen molar-refractivity contribution in [1.29, 1.82) is 0 Å². The third-order valence-corrected chi connectivity index (χ3v) is 5.04. The van der Waals surface area contributed by atoms with E-state index >= 15 is 0 Å². The van der Waals surface area contributed by atoms with Crippen LogP contribution in [0.1, 0.15) is 24.8 Å². The number of hydrogen-bond acceptors (Lipinski definition) is 4. The summed E-state index contributed by atoms with van der Waals surface area (Å²) in [5.74, 6) is 1.10. The van der Waals surface area contributed by atoms with Crippen LogP contribution in [0.4, 0.5) is 4.79 Å². The number of urea groups is 1. The van der Waals surface area contributed by atoms with Crippen LogP contribution < -0.4 is 15.4 Å². The molecule has 2 aromatic rings. The Balaban J connectivity index is 1.32. The van der Waals surface area contributed by atoms with Crippen LogP contribution in [0.15, 0.2) is 60.7 Å². The Bertz CT molecular complexity index is 767. The maximum absolute atomic E-state index is 12.1. The second-order valence-electron chi connectivity index (χ2n) is 7.40. The molecule has 154 valence electrons. The highest BCUT2D eigenvalue weighted by atomic mass is 16.5. The summed E-state index contributed by atoms with van der Waals surface area (Å²) < 4.78 is 5.88. The molecule has 1 fully saturated rings. The highest BCUT2D eigenvalue weighted by Gasteiger charge is 2.21. The standard InChI is InChI=1S/C23H29N3O3/c27-22(25-23(28)24-16-19-8-3-1-4-9-19)13-15-26-14-7-10-20(17-26)18-29-21-11-5-2-6-12-21/h1-6,8-9,11-12,20H,7,10,13-18H2,(H2,24,25,27,28). The molecule has 6 heteroatoms. The first-order chi connectivity index (χ1) is 14.2. The number of nitrogens with zero attached hydrogens (tertiary/aromatic N) is 1. The van der Waals surface area contributed by atoms with Crippen molar-refractivity contribution in [2.75, 3.05) is 26.2 Å². The Hall–Kier alpha value is -2.86. The van der Waals surface area contributed by atoms with Crippen molar-refractivity contribution in [3.8, 4) is 5.75 Å². The van der Waals surface area contributed by atoms with Crippen LogP contribution in [-0.4, -0.2) is 43.1 Å². The predicted molar refractivity (Wildman–Crippen MR) is 113 cm³/mol. The predicted octanol–water partition coefficient (Wildman–Crippen LogP) is 3.19. The number of carbonyl (C=O) groups is 2. The summed E-state index contributed by atoms with van der Waals surface area (Å²) in [6, 6.07) is 19.0. The van der Waals surface area contributed by atoms with E-state index < -0.39 is 6.03 Å². The number of para-hydroxylation sites is 1. The zero-order valence-electron chi connectivity index (χ0n) is 16.7. The average Bonchev–Trinajstić information content (AvgIpc) is 2.77. The highest BCUT2D eigenvalue weighted by Crippen LogP contribution is 2.18. The van der Waals surface area contributed by atoms with Crippen LogP contribution in [-0.2, 0) is 11.3 Å². The van der Waals surface area contributed by atoms with Crippen LogP contribution in [0.5, 0.6) is 5.75 Å². The maximum Gasteiger partial charge on any atom is 0.321 e. The minimum atomic E-state index is -0.452. The van der Waals surface area contributed by atoms with E-state index in [9.17, 15) is 9.59 Å². The van der Waals surface area contributed by atoms with Gasteiger partial charge in [0.15, 0.2) is 0 Å². The van der Waals surface area contributed by atoms with E-state index in [0.29, 0.717) is 32.0 Å². The average molecular weight is 396 g/mol. The normalized spacial score (nSPS) is 16.8. The molecule has 0 aliphatic carbocycles.